The first-order chi connectivity index (χ1) is 15.3. The van der Waals surface area contributed by atoms with Crippen LogP contribution in [0.1, 0.15) is 31.2 Å². The van der Waals surface area contributed by atoms with E-state index in [0.29, 0.717) is 36.6 Å². The van der Waals surface area contributed by atoms with Crippen LogP contribution < -0.4 is 5.73 Å². The lowest BCUT2D eigenvalue weighted by Gasteiger charge is -2.37. The number of piperidine rings is 2. The van der Waals surface area contributed by atoms with Crippen LogP contribution in [0.15, 0.2) is 52.0 Å². The molecule has 0 aliphatic carbocycles. The number of nitrogens with zero attached hydrogens (tertiary/aromatic N) is 3. The maximum absolute atomic E-state index is 13.1. The average Bonchev–Trinajstić information content (AvgIpc) is 2.79. The monoisotopic (exact) mass is 520 g/mol. The molecule has 1 aromatic carbocycles. The fraction of sp³-hybridized carbons (Fsp3) is 0.478. The SMILES string of the molecule is Nc1cc(CN2CCC(C(=O)N3CCC(S(=O)(=O)c4ccc(Br)cc4)CC3)CC2)ccn1. The Bertz CT molecular complexity index is 1050. The minimum Gasteiger partial charge on any atom is -0.384 e. The van der Waals surface area contributed by atoms with Crippen LogP contribution in [0.5, 0.6) is 0 Å². The lowest BCUT2D eigenvalue weighted by Crippen LogP contribution is -2.47. The lowest BCUT2D eigenvalue weighted by atomic mass is 9.94. The van der Waals surface area contributed by atoms with Gasteiger partial charge in [0.15, 0.2) is 9.84 Å². The van der Waals surface area contributed by atoms with Crippen molar-refractivity contribution in [2.75, 3.05) is 31.9 Å². The van der Waals surface area contributed by atoms with E-state index in [1.807, 2.05) is 17.0 Å². The number of pyridine rings is 1. The number of amides is 1. The van der Waals surface area contributed by atoms with Crippen LogP contribution in [0.4, 0.5) is 5.82 Å². The molecule has 0 bridgehead atoms. The highest BCUT2D eigenvalue weighted by Gasteiger charge is 2.35. The van der Waals surface area contributed by atoms with Gasteiger partial charge >= 0.3 is 0 Å². The number of hydrogen-bond acceptors (Lipinski definition) is 6. The Hall–Kier alpha value is -1.97. The topological polar surface area (TPSA) is 96.6 Å². The number of hydrogen-bond donors (Lipinski definition) is 1. The van der Waals surface area contributed by atoms with E-state index in [2.05, 4.69) is 25.8 Å². The molecule has 2 fully saturated rings. The minimum absolute atomic E-state index is 0.0217. The zero-order valence-electron chi connectivity index (χ0n) is 18.0. The van der Waals surface area contributed by atoms with Crippen LogP contribution in [-0.4, -0.2) is 60.5 Å². The molecule has 0 spiro atoms. The summed E-state index contributed by atoms with van der Waals surface area (Å²) in [5, 5.41) is -0.428. The van der Waals surface area contributed by atoms with Crippen molar-refractivity contribution in [3.8, 4) is 0 Å². The molecule has 2 N–H and O–H groups in total. The van der Waals surface area contributed by atoms with Gasteiger partial charge in [0.1, 0.15) is 5.82 Å². The zero-order chi connectivity index (χ0) is 22.7. The van der Waals surface area contributed by atoms with E-state index in [-0.39, 0.29) is 11.8 Å². The summed E-state index contributed by atoms with van der Waals surface area (Å²) in [5.74, 6) is 0.726. The summed E-state index contributed by atoms with van der Waals surface area (Å²) in [6.45, 7) is 3.57. The molecule has 2 aromatic rings. The van der Waals surface area contributed by atoms with Crippen molar-refractivity contribution < 1.29 is 13.2 Å². The Labute approximate surface area is 198 Å². The van der Waals surface area contributed by atoms with Gasteiger partial charge in [-0.1, -0.05) is 15.9 Å². The molecule has 2 aliphatic rings. The van der Waals surface area contributed by atoms with Crippen LogP contribution >= 0.6 is 15.9 Å². The summed E-state index contributed by atoms with van der Waals surface area (Å²) in [4.78, 5) is 21.7. The van der Waals surface area contributed by atoms with Crippen LogP contribution in [0.25, 0.3) is 0 Å². The number of nitrogens with two attached hydrogens (primary N) is 1. The first kappa shape index (κ1) is 23.2. The number of sulfone groups is 1. The molecular weight excluding hydrogens is 492 g/mol. The fourth-order valence-electron chi connectivity index (χ4n) is 4.65. The largest absolute Gasteiger partial charge is 0.384 e. The van der Waals surface area contributed by atoms with Crippen LogP contribution in [0.3, 0.4) is 0 Å². The Morgan fingerprint density at radius 2 is 1.69 bits per heavy atom. The Kier molecular flexibility index (Phi) is 7.17. The second-order valence-corrected chi connectivity index (χ2v) is 11.8. The number of carbonyl (C=O) groups is 1. The van der Waals surface area contributed by atoms with Gasteiger partial charge in [-0.2, -0.15) is 0 Å². The molecule has 0 radical (unpaired) electrons. The van der Waals surface area contributed by atoms with Crippen molar-refractivity contribution in [1.82, 2.24) is 14.8 Å². The number of likely N-dealkylation sites (tertiary alicyclic amines) is 2. The Morgan fingerprint density at radius 3 is 2.31 bits per heavy atom. The highest BCUT2D eigenvalue weighted by Crippen LogP contribution is 2.28. The molecule has 3 heterocycles. The summed E-state index contributed by atoms with van der Waals surface area (Å²) in [5.41, 5.74) is 6.90. The number of halogens is 1. The third kappa shape index (κ3) is 5.32. The number of aromatic nitrogens is 1. The van der Waals surface area contributed by atoms with Crippen molar-refractivity contribution in [1.29, 1.82) is 0 Å². The van der Waals surface area contributed by atoms with Gasteiger partial charge in [0.05, 0.1) is 10.1 Å². The number of rotatable bonds is 5. The second kappa shape index (κ2) is 9.89. The van der Waals surface area contributed by atoms with E-state index in [1.54, 1.807) is 30.5 Å². The molecule has 1 amide bonds. The molecule has 4 rings (SSSR count). The molecular formula is C23H29BrN4O3S. The van der Waals surface area contributed by atoms with Crippen molar-refractivity contribution in [3.05, 3.63) is 52.6 Å². The third-order valence-corrected chi connectivity index (χ3v) is 9.33. The number of carbonyl (C=O) groups excluding carboxylic acids is 1. The molecule has 9 heteroatoms. The predicted molar refractivity (Wildman–Crippen MR) is 128 cm³/mol. The molecule has 0 saturated carbocycles. The first-order valence-corrected chi connectivity index (χ1v) is 13.4. The van der Waals surface area contributed by atoms with Gasteiger partial charge in [0.25, 0.3) is 0 Å². The van der Waals surface area contributed by atoms with Gasteiger partial charge in [0.2, 0.25) is 5.91 Å². The van der Waals surface area contributed by atoms with Crippen molar-refractivity contribution in [3.63, 3.8) is 0 Å². The van der Waals surface area contributed by atoms with Crippen molar-refractivity contribution in [2.24, 2.45) is 5.92 Å². The predicted octanol–water partition coefficient (Wildman–Crippen LogP) is 3.10. The molecule has 7 nitrogen and oxygen atoms in total. The molecule has 0 unspecified atom stereocenters. The standard InChI is InChI=1S/C23H29BrN4O3S/c24-19-1-3-20(4-2-19)32(30,31)21-8-13-28(14-9-21)23(29)18-6-11-27(12-7-18)16-17-5-10-26-22(25)15-17/h1-5,10,15,18,21H,6-9,11-14,16H2,(H2,25,26). The second-order valence-electron chi connectivity index (χ2n) is 8.66. The van der Waals surface area contributed by atoms with E-state index in [4.69, 9.17) is 5.73 Å². The number of anilines is 1. The van der Waals surface area contributed by atoms with Gasteiger partial charge in [0, 0.05) is 36.2 Å². The number of benzene rings is 1. The van der Waals surface area contributed by atoms with Crippen LogP contribution in [-0.2, 0) is 21.2 Å². The maximum Gasteiger partial charge on any atom is 0.225 e. The van der Waals surface area contributed by atoms with Gasteiger partial charge in [-0.3, -0.25) is 9.69 Å². The summed E-state index contributed by atoms with van der Waals surface area (Å²) in [6.07, 6.45) is 4.37. The lowest BCUT2D eigenvalue weighted by molar-refractivity contribution is -0.138. The minimum atomic E-state index is -3.37. The Balaban J connectivity index is 1.27. The molecule has 1 aromatic heterocycles. The summed E-state index contributed by atoms with van der Waals surface area (Å²) < 4.78 is 26.8. The molecule has 32 heavy (non-hydrogen) atoms. The normalized spacial score (nSPS) is 19.2. The van der Waals surface area contributed by atoms with E-state index < -0.39 is 15.1 Å². The highest BCUT2D eigenvalue weighted by atomic mass is 79.9. The maximum atomic E-state index is 13.1. The zero-order valence-corrected chi connectivity index (χ0v) is 20.4. The highest BCUT2D eigenvalue weighted by molar-refractivity contribution is 9.10. The fourth-order valence-corrected chi connectivity index (χ4v) is 6.65. The van der Waals surface area contributed by atoms with Gasteiger partial charge in [-0.25, -0.2) is 13.4 Å². The van der Waals surface area contributed by atoms with E-state index in [1.165, 1.54) is 0 Å². The molecule has 172 valence electrons. The molecule has 2 saturated heterocycles. The molecule has 2 aliphatic heterocycles. The van der Waals surface area contributed by atoms with E-state index in [0.717, 1.165) is 42.5 Å². The van der Waals surface area contributed by atoms with Gasteiger partial charge in [-0.15, -0.1) is 0 Å². The average molecular weight is 521 g/mol. The Morgan fingerprint density at radius 1 is 1.03 bits per heavy atom. The van der Waals surface area contributed by atoms with Crippen LogP contribution in [0, 0.1) is 5.92 Å². The number of nitrogen functional groups attached to an aromatic ring is 1. The summed E-state index contributed by atoms with van der Waals surface area (Å²) in [6, 6.07) is 10.7. The summed E-state index contributed by atoms with van der Waals surface area (Å²) in [7, 11) is -3.37. The van der Waals surface area contributed by atoms with Gasteiger partial charge in [-0.05, 0) is 80.7 Å². The summed E-state index contributed by atoms with van der Waals surface area (Å²) >= 11 is 3.34. The van der Waals surface area contributed by atoms with Crippen LogP contribution in [0.2, 0.25) is 0 Å². The molecule has 0 atom stereocenters. The first-order valence-electron chi connectivity index (χ1n) is 11.0. The van der Waals surface area contributed by atoms with Gasteiger partial charge < -0.3 is 10.6 Å². The van der Waals surface area contributed by atoms with Crippen molar-refractivity contribution in [2.45, 2.75) is 42.4 Å². The smallest absolute Gasteiger partial charge is 0.225 e. The van der Waals surface area contributed by atoms with E-state index in [9.17, 15) is 13.2 Å². The van der Waals surface area contributed by atoms with E-state index >= 15 is 0 Å². The van der Waals surface area contributed by atoms with Crippen molar-refractivity contribution >= 4 is 37.5 Å². The quantitative estimate of drug-likeness (QED) is 0.650. The third-order valence-electron chi connectivity index (χ3n) is 6.52.